The number of rotatable bonds is 12. The second kappa shape index (κ2) is 31.1. The number of carbonyl (C=O) groups excluding carboxylic acids is 7. The topological polar surface area (TPSA) is 497 Å². The number of aliphatic carboxylic acids is 1. The fourth-order valence-corrected chi connectivity index (χ4v) is 13.5. The third-order valence-electron chi connectivity index (χ3n) is 18.8. The van der Waals surface area contributed by atoms with Gasteiger partial charge in [0.05, 0.1) is 11.6 Å². The molecule has 7 heterocycles. The maximum Gasteiger partial charge on any atom is 0.330 e. The monoisotopic (exact) mass is 1480 g/mol. The fraction of sp³-hybridized carbons (Fsp3) is 0.324. The third kappa shape index (κ3) is 15.9. The molecule has 1 saturated heterocycles. The molecule has 1 fully saturated rings. The van der Waals surface area contributed by atoms with E-state index < -0.39 is 201 Å². The molecule has 13 atom stereocenters. The van der Waals surface area contributed by atoms with E-state index in [0.29, 0.717) is 18.8 Å². The smallest absolute Gasteiger partial charge is 0.330 e. The van der Waals surface area contributed by atoms with Crippen LogP contribution in [0.25, 0.3) is 11.1 Å². The van der Waals surface area contributed by atoms with Gasteiger partial charge in [0.2, 0.25) is 47.5 Å². The van der Waals surface area contributed by atoms with E-state index in [-0.39, 0.29) is 68.7 Å². The van der Waals surface area contributed by atoms with Crippen LogP contribution in [0.1, 0.15) is 128 Å². The summed E-state index contributed by atoms with van der Waals surface area (Å²) in [6.45, 7) is 3.29. The van der Waals surface area contributed by atoms with Crippen molar-refractivity contribution < 1.29 is 119 Å². The van der Waals surface area contributed by atoms with Crippen LogP contribution in [-0.2, 0) is 49.5 Å². The second-order valence-electron chi connectivity index (χ2n) is 26.8. The van der Waals surface area contributed by atoms with Crippen LogP contribution in [0.5, 0.6) is 69.0 Å². The predicted molar refractivity (Wildman–Crippen MR) is 370 cm³/mol. The molecule has 32 heteroatoms. The van der Waals surface area contributed by atoms with E-state index in [1.807, 2.05) is 0 Å². The van der Waals surface area contributed by atoms with Crippen LogP contribution in [0, 0.1) is 5.92 Å². The number of benzene rings is 7. The Labute approximate surface area is 608 Å². The van der Waals surface area contributed by atoms with Crippen LogP contribution < -0.4 is 61.9 Å². The van der Waals surface area contributed by atoms with Crippen molar-refractivity contribution in [3.63, 3.8) is 0 Å². The summed E-state index contributed by atoms with van der Waals surface area (Å²) < 4.78 is 32.4. The summed E-state index contributed by atoms with van der Waals surface area (Å²) in [5.74, 6) is -15.0. The number of fused-ring (bicyclic) bond motifs is 14. The zero-order valence-electron chi connectivity index (χ0n) is 56.7. The standard InChI is InChI=1S/C74H75ClN8O23/c1-31(2)7-5-3-4-6-8-54(90)78-62-65(93)64(92)53(30-84)105-74(62)106-66-51-25-37-26-52(66)104-49-18-9-32(19-44(49)75)20-45-67(94)79-58(36-21-38(85)27-41(22-36)103-50-24-34(12-17-47(50)88)56(76)68(95)77-45)70(97)81-59(37)71(98)80-57-35-13-16-46(87)42(23-35)55-43(28-39(86)29-48(55)89)60(73(100)101)82-72(99)61(83-69(57)96)63(91)33-10-14-40(102-51)15-11-33/h9-19,21-29,31,45,53,56-65,74,84-89,91-93H,3-8,20,30,76H2,1-2H3,(H,77,95)(H,78,90)(H,79,94)(H,80,98)(H,81,97)(H,82,99)(H,83,96)(H,100,101)/p+1/t45-,53-,56-,57-,58+,59-,60+,61+,62-,63-,64-,65-,74+/m1/s1. The Balaban J connectivity index is 1.09. The first-order chi connectivity index (χ1) is 50.6. The number of aliphatic hydroxyl groups is 4. The van der Waals surface area contributed by atoms with Gasteiger partial charge < -0.3 is 118 Å². The summed E-state index contributed by atoms with van der Waals surface area (Å²) in [6.07, 6.45) is -6.03. The maximum absolute atomic E-state index is 16.3. The van der Waals surface area contributed by atoms with E-state index >= 15 is 19.2 Å². The van der Waals surface area contributed by atoms with Gasteiger partial charge in [0.1, 0.15) is 101 Å². The first-order valence-corrected chi connectivity index (χ1v) is 34.3. The lowest BCUT2D eigenvalue weighted by Crippen LogP contribution is -2.65. The number of carboxylic acid groups (broad SMARTS) is 1. The van der Waals surface area contributed by atoms with Crippen LogP contribution in [0.4, 0.5) is 0 Å². The molecule has 31 nitrogen and oxygen atoms in total. The van der Waals surface area contributed by atoms with Crippen LogP contribution in [0.2, 0.25) is 5.02 Å². The number of nitrogens with one attached hydrogen (secondary N) is 7. The Hall–Kier alpha value is -11.5. The number of aromatic hydroxyl groups is 5. The van der Waals surface area contributed by atoms with Crippen molar-refractivity contribution in [3.05, 3.63) is 165 Å². The number of carboxylic acids is 1. The van der Waals surface area contributed by atoms with E-state index in [0.717, 1.165) is 73.9 Å². The molecule has 0 spiro atoms. The van der Waals surface area contributed by atoms with Gasteiger partial charge in [0.25, 0.3) is 5.91 Å². The first-order valence-electron chi connectivity index (χ1n) is 33.9. The molecule has 20 N–H and O–H groups in total. The normalized spacial score (nSPS) is 24.4. The summed E-state index contributed by atoms with van der Waals surface area (Å²) in [6, 6.07) is 7.92. The Morgan fingerprint density at radius 2 is 1.21 bits per heavy atom. The Morgan fingerprint density at radius 3 is 1.91 bits per heavy atom. The van der Waals surface area contributed by atoms with Crippen LogP contribution in [-0.4, -0.2) is 148 Å². The van der Waals surface area contributed by atoms with Crippen molar-refractivity contribution in [2.45, 2.75) is 138 Å². The number of unbranched alkanes of at least 4 members (excludes halogenated alkanes) is 3. The van der Waals surface area contributed by atoms with Crippen LogP contribution in [0.15, 0.2) is 121 Å². The quantitative estimate of drug-likeness (QED) is 0.0762. The minimum atomic E-state index is -2.29. The average molecular weight is 1480 g/mol. The molecule has 0 saturated carbocycles. The second-order valence-corrected chi connectivity index (χ2v) is 27.2. The molecule has 7 aromatic rings. The van der Waals surface area contributed by atoms with Crippen molar-refractivity contribution in [1.29, 1.82) is 0 Å². The van der Waals surface area contributed by atoms with Gasteiger partial charge in [-0.3, -0.25) is 33.6 Å². The highest BCUT2D eigenvalue weighted by Crippen LogP contribution is 2.49. The van der Waals surface area contributed by atoms with Crippen molar-refractivity contribution in [1.82, 2.24) is 37.2 Å². The molecule has 0 aliphatic carbocycles. The SMILES string of the molecule is CC(C)CCCCCCC(=O)N[C@H]1[C@H](Oc2c3cc4cc2Oc2ccc(cc2Cl)C[C@H]2NC(=O)[C@H]([NH3+])c5ccc(O)c(c5)Oc5cc(O)cc(c5)[C@H](NC2=O)C(=O)N[C@H]4C(=O)N[C@H]2C(=O)N[C@H](C(=O)N[C@H](C(=O)O)c4cc(O)cc(O)c4-c4cc2ccc4O)[C@H](O)c2ccc(cc2)O3)O[C@H](CO)[C@@H](O)[C@@H]1O. The van der Waals surface area contributed by atoms with Gasteiger partial charge in [-0.2, -0.15) is 0 Å². The van der Waals surface area contributed by atoms with Gasteiger partial charge in [-0.1, -0.05) is 75.4 Å². The Morgan fingerprint density at radius 1 is 0.585 bits per heavy atom. The molecule has 556 valence electrons. The van der Waals surface area contributed by atoms with Gasteiger partial charge in [-0.15, -0.1) is 0 Å². The number of carbonyl (C=O) groups is 8. The third-order valence-corrected chi connectivity index (χ3v) is 19.1. The molecule has 7 aliphatic heterocycles. The first kappa shape index (κ1) is 74.3. The zero-order chi connectivity index (χ0) is 75.7. The highest BCUT2D eigenvalue weighted by atomic mass is 35.5. The molecule has 0 radical (unpaired) electrons. The molecule has 0 aromatic heterocycles. The predicted octanol–water partition coefficient (Wildman–Crippen LogP) is 4.21. The summed E-state index contributed by atoms with van der Waals surface area (Å²) >= 11 is 7.17. The van der Waals surface area contributed by atoms with Crippen LogP contribution in [0.3, 0.4) is 0 Å². The molecule has 14 rings (SSSR count). The molecule has 0 unspecified atom stereocenters. The van der Waals surface area contributed by atoms with Crippen molar-refractivity contribution in [2.24, 2.45) is 5.92 Å². The van der Waals surface area contributed by atoms with E-state index in [4.69, 9.17) is 35.3 Å². The molecular formula is C74H76ClN8O23+. The number of phenols is 5. The summed E-state index contributed by atoms with van der Waals surface area (Å²) in [5, 5.41) is 132. The number of aliphatic hydroxyl groups excluding tert-OH is 4. The lowest BCUT2D eigenvalue weighted by atomic mass is 9.89. The van der Waals surface area contributed by atoms with Gasteiger partial charge in [-0.25, -0.2) is 4.79 Å². The average Bonchev–Trinajstić information content (AvgIpc) is 0.784. The lowest BCUT2D eigenvalue weighted by Gasteiger charge is -2.42. The van der Waals surface area contributed by atoms with E-state index in [1.54, 1.807) is 0 Å². The number of hydrogen-bond donors (Lipinski definition) is 18. The lowest BCUT2D eigenvalue weighted by molar-refractivity contribution is -0.409. The number of ether oxygens (including phenoxy) is 5. The molecular weight excluding hydrogens is 1400 g/mol. The van der Waals surface area contributed by atoms with Crippen LogP contribution >= 0.6 is 11.6 Å². The van der Waals surface area contributed by atoms with Gasteiger partial charge in [0.15, 0.2) is 35.1 Å². The zero-order valence-corrected chi connectivity index (χ0v) is 57.4. The largest absolute Gasteiger partial charge is 0.508 e. The van der Waals surface area contributed by atoms with Crippen molar-refractivity contribution in [3.8, 4) is 80.1 Å². The summed E-state index contributed by atoms with van der Waals surface area (Å²) in [5.41, 5.74) is 1.87. The number of amides is 7. The summed E-state index contributed by atoms with van der Waals surface area (Å²) in [4.78, 5) is 120. The maximum atomic E-state index is 16.3. The molecule has 7 aliphatic rings. The minimum absolute atomic E-state index is 0.0520. The van der Waals surface area contributed by atoms with E-state index in [9.17, 15) is 70.2 Å². The number of quaternary nitrogens is 1. The number of halogens is 1. The number of hydrogen-bond acceptors (Lipinski definition) is 22. The molecule has 7 amide bonds. The van der Waals surface area contributed by atoms with E-state index in [2.05, 4.69) is 56.8 Å². The Kier molecular flexibility index (Phi) is 21.8. The van der Waals surface area contributed by atoms with Gasteiger partial charge in [0, 0.05) is 47.2 Å². The summed E-state index contributed by atoms with van der Waals surface area (Å²) in [7, 11) is 0. The highest BCUT2D eigenvalue weighted by molar-refractivity contribution is 6.32. The van der Waals surface area contributed by atoms with Gasteiger partial charge in [-0.05, 0) is 125 Å². The number of phenolic OH excluding ortho intramolecular Hbond substituents is 5. The van der Waals surface area contributed by atoms with Crippen molar-refractivity contribution in [2.75, 3.05) is 6.61 Å². The molecule has 17 bridgehead atoms. The van der Waals surface area contributed by atoms with Gasteiger partial charge >= 0.3 is 5.97 Å². The minimum Gasteiger partial charge on any atom is -0.508 e. The molecule has 7 aromatic carbocycles. The highest BCUT2D eigenvalue weighted by Gasteiger charge is 2.48. The van der Waals surface area contributed by atoms with Crippen molar-refractivity contribution >= 4 is 58.9 Å². The van der Waals surface area contributed by atoms with E-state index in [1.165, 1.54) is 66.7 Å². The fourth-order valence-electron chi connectivity index (χ4n) is 13.2. The Bertz CT molecular complexity index is 4620. The molecule has 106 heavy (non-hydrogen) atoms.